The van der Waals surface area contributed by atoms with Gasteiger partial charge in [-0.2, -0.15) is 0 Å². The van der Waals surface area contributed by atoms with Crippen molar-refractivity contribution in [1.29, 1.82) is 0 Å². The molecule has 14 heteroatoms. The Kier molecular flexibility index (Phi) is 7.86. The van der Waals surface area contributed by atoms with Crippen molar-refractivity contribution >= 4 is 16.1 Å². The van der Waals surface area contributed by atoms with E-state index in [1.165, 1.54) is 17.0 Å². The van der Waals surface area contributed by atoms with Gasteiger partial charge in [-0.05, 0) is 51.2 Å². The Morgan fingerprint density at radius 2 is 1.83 bits per heavy atom. The van der Waals surface area contributed by atoms with Crippen LogP contribution in [0.25, 0.3) is 0 Å². The lowest BCUT2D eigenvalue weighted by atomic mass is 9.85. The smallest absolute Gasteiger partial charge is 0.471 e. The first-order valence-electron chi connectivity index (χ1n) is 11.8. The zero-order valence-electron chi connectivity index (χ0n) is 20.0. The molecule has 2 fully saturated rings. The highest BCUT2D eigenvalue weighted by molar-refractivity contribution is 7.88. The molecule has 1 amide bonds. The van der Waals surface area contributed by atoms with Gasteiger partial charge >= 0.3 is 12.5 Å². The SMILES string of the molecule is CC1CC(NS(C)(=O)=O)C2COC3CCC(CC3)c3ccc(OC(F)(F)F)c(n3)OCCOC(=O)N12. The lowest BCUT2D eigenvalue weighted by molar-refractivity contribution is -0.275. The van der Waals surface area contributed by atoms with Crippen molar-refractivity contribution < 1.29 is 45.3 Å². The van der Waals surface area contributed by atoms with Crippen molar-refractivity contribution in [2.75, 3.05) is 26.1 Å². The number of hydrogen-bond donors (Lipinski definition) is 1. The van der Waals surface area contributed by atoms with Gasteiger partial charge in [-0.1, -0.05) is 0 Å². The molecule has 3 aliphatic heterocycles. The monoisotopic (exact) mass is 537 g/mol. The van der Waals surface area contributed by atoms with Crippen molar-refractivity contribution in [3.05, 3.63) is 17.8 Å². The van der Waals surface area contributed by atoms with Crippen molar-refractivity contribution in [3.8, 4) is 11.6 Å². The Bertz CT molecular complexity index is 1050. The number of nitrogens with one attached hydrogen (secondary N) is 1. The van der Waals surface area contributed by atoms with E-state index in [9.17, 15) is 26.4 Å². The van der Waals surface area contributed by atoms with Crippen LogP contribution in [0.3, 0.4) is 0 Å². The molecule has 1 saturated carbocycles. The van der Waals surface area contributed by atoms with Crippen molar-refractivity contribution in [2.45, 2.75) is 75.5 Å². The minimum Gasteiger partial charge on any atom is -0.471 e. The van der Waals surface area contributed by atoms with Crippen LogP contribution in [-0.2, 0) is 19.5 Å². The molecule has 0 aromatic carbocycles. The Hall–Kier alpha value is -2.32. The summed E-state index contributed by atoms with van der Waals surface area (Å²) >= 11 is 0. The summed E-state index contributed by atoms with van der Waals surface area (Å²) in [6, 6.07) is 1.25. The van der Waals surface area contributed by atoms with Gasteiger partial charge in [0.2, 0.25) is 10.0 Å². The number of carbonyl (C=O) groups is 1. The van der Waals surface area contributed by atoms with E-state index in [0.29, 0.717) is 37.8 Å². The van der Waals surface area contributed by atoms with Crippen molar-refractivity contribution in [3.63, 3.8) is 0 Å². The minimum atomic E-state index is -4.92. The van der Waals surface area contributed by atoms with Crippen LogP contribution in [0.1, 0.15) is 50.6 Å². The lowest BCUT2D eigenvalue weighted by Gasteiger charge is -2.33. The Morgan fingerprint density at radius 1 is 1.14 bits per heavy atom. The second kappa shape index (κ2) is 10.6. The van der Waals surface area contributed by atoms with Gasteiger partial charge in [-0.3, -0.25) is 4.90 Å². The lowest BCUT2D eigenvalue weighted by Crippen LogP contribution is -2.50. The van der Waals surface area contributed by atoms with Gasteiger partial charge in [0.1, 0.15) is 13.2 Å². The van der Waals surface area contributed by atoms with E-state index in [-0.39, 0.29) is 43.8 Å². The van der Waals surface area contributed by atoms with Gasteiger partial charge in [-0.15, -0.1) is 13.2 Å². The molecule has 3 unspecified atom stereocenters. The molecule has 1 aliphatic carbocycles. The number of amides is 1. The van der Waals surface area contributed by atoms with E-state index < -0.39 is 40.3 Å². The number of fused-ring (bicyclic) bond motifs is 7. The number of halogens is 3. The van der Waals surface area contributed by atoms with Gasteiger partial charge in [0.25, 0.3) is 5.88 Å². The number of rotatable bonds is 3. The van der Waals surface area contributed by atoms with Crippen LogP contribution < -0.4 is 14.2 Å². The van der Waals surface area contributed by atoms with Crippen LogP contribution in [0, 0.1) is 0 Å². The molecule has 4 bridgehead atoms. The van der Waals surface area contributed by atoms with Gasteiger partial charge in [0.15, 0.2) is 5.75 Å². The third-order valence-electron chi connectivity index (χ3n) is 6.68. The largest absolute Gasteiger partial charge is 0.573 e. The van der Waals surface area contributed by atoms with E-state index in [1.807, 2.05) is 0 Å². The first-order chi connectivity index (χ1) is 16.9. The van der Waals surface area contributed by atoms with Crippen LogP contribution >= 0.6 is 0 Å². The number of nitrogens with zero attached hydrogens (tertiary/aromatic N) is 2. The molecular weight excluding hydrogens is 507 g/mol. The summed E-state index contributed by atoms with van der Waals surface area (Å²) in [4.78, 5) is 18.7. The number of aromatic nitrogens is 1. The van der Waals surface area contributed by atoms with Crippen LogP contribution in [0.4, 0.5) is 18.0 Å². The highest BCUT2D eigenvalue weighted by Gasteiger charge is 2.44. The normalized spacial score (nSPS) is 29.9. The van der Waals surface area contributed by atoms with Crippen molar-refractivity contribution in [2.24, 2.45) is 0 Å². The first kappa shape index (κ1) is 26.7. The van der Waals surface area contributed by atoms with Crippen molar-refractivity contribution in [1.82, 2.24) is 14.6 Å². The van der Waals surface area contributed by atoms with Gasteiger partial charge in [0, 0.05) is 23.7 Å². The fourth-order valence-corrected chi connectivity index (χ4v) is 5.95. The van der Waals surface area contributed by atoms with E-state index in [2.05, 4.69) is 14.4 Å². The number of hydrogen-bond acceptors (Lipinski definition) is 8. The maximum absolute atomic E-state index is 12.9. The fraction of sp³-hybridized carbons (Fsp3) is 0.727. The summed E-state index contributed by atoms with van der Waals surface area (Å²) < 4.78 is 86.0. The Labute approximate surface area is 207 Å². The van der Waals surface area contributed by atoms with Crippen LogP contribution in [0.5, 0.6) is 11.6 Å². The molecule has 1 N–H and O–H groups in total. The summed E-state index contributed by atoms with van der Waals surface area (Å²) in [5.41, 5.74) is 0.593. The summed E-state index contributed by atoms with van der Waals surface area (Å²) in [5.74, 6) is -0.879. The maximum Gasteiger partial charge on any atom is 0.573 e. The molecule has 0 spiro atoms. The number of sulfonamides is 1. The summed E-state index contributed by atoms with van der Waals surface area (Å²) in [7, 11) is -3.53. The third kappa shape index (κ3) is 6.71. The predicted octanol–water partition coefficient (Wildman–Crippen LogP) is 2.93. The number of carbonyl (C=O) groups excluding carboxylic acids is 1. The molecule has 5 rings (SSSR count). The molecule has 0 radical (unpaired) electrons. The predicted molar refractivity (Wildman–Crippen MR) is 120 cm³/mol. The molecule has 10 nitrogen and oxygen atoms in total. The average Bonchev–Trinajstić information content (AvgIpc) is 3.07. The molecule has 3 atom stereocenters. The zero-order chi connectivity index (χ0) is 26.1. The quantitative estimate of drug-likeness (QED) is 0.626. The highest BCUT2D eigenvalue weighted by atomic mass is 32.2. The van der Waals surface area contributed by atoms with Crippen LogP contribution in [0.15, 0.2) is 12.1 Å². The van der Waals surface area contributed by atoms with Crippen LogP contribution in [0.2, 0.25) is 0 Å². The summed E-state index contributed by atoms with van der Waals surface area (Å²) in [5, 5.41) is 0. The molecule has 1 saturated heterocycles. The standard InChI is InChI=1S/C22H30F3N3O7S/c1-13-11-17(27-36(2,30)31)18-12-34-15-5-3-14(4-6-15)16-7-8-19(35-22(23,24)25)20(26-16)32-9-10-33-21(29)28(13)18/h7-8,13-15,17-18,27H,3-6,9-12H2,1-2H3. The van der Waals surface area contributed by atoms with E-state index >= 15 is 0 Å². The summed E-state index contributed by atoms with van der Waals surface area (Å²) in [6.07, 6.45) is -1.51. The molecule has 1 aromatic heterocycles. The van der Waals surface area contributed by atoms with E-state index in [0.717, 1.165) is 6.26 Å². The molecule has 1 aromatic rings. The summed E-state index contributed by atoms with van der Waals surface area (Å²) in [6.45, 7) is 1.42. The molecule has 4 heterocycles. The molecule has 202 valence electrons. The maximum atomic E-state index is 12.9. The molecular formula is C22H30F3N3O7S. The number of alkyl halides is 3. The van der Waals surface area contributed by atoms with E-state index in [1.54, 1.807) is 6.92 Å². The number of pyridine rings is 1. The fourth-order valence-electron chi connectivity index (χ4n) is 5.15. The average molecular weight is 538 g/mol. The topological polar surface area (TPSA) is 116 Å². The van der Waals surface area contributed by atoms with Crippen LogP contribution in [-0.4, -0.2) is 81.1 Å². The van der Waals surface area contributed by atoms with E-state index in [4.69, 9.17) is 14.2 Å². The first-order valence-corrected chi connectivity index (χ1v) is 13.7. The second-order valence-electron chi connectivity index (χ2n) is 9.41. The second-order valence-corrected chi connectivity index (χ2v) is 11.2. The highest BCUT2D eigenvalue weighted by Crippen LogP contribution is 2.38. The minimum absolute atomic E-state index is 0.0144. The molecule has 4 aliphatic rings. The number of ether oxygens (including phenoxy) is 4. The Balaban J connectivity index is 1.57. The third-order valence-corrected chi connectivity index (χ3v) is 7.41. The Morgan fingerprint density at radius 3 is 2.50 bits per heavy atom. The zero-order valence-corrected chi connectivity index (χ0v) is 20.8. The van der Waals surface area contributed by atoms with Gasteiger partial charge < -0.3 is 18.9 Å². The van der Waals surface area contributed by atoms with Gasteiger partial charge in [0.05, 0.1) is 25.0 Å². The molecule has 36 heavy (non-hydrogen) atoms. The van der Waals surface area contributed by atoms with Gasteiger partial charge in [-0.25, -0.2) is 22.9 Å².